The van der Waals surface area contributed by atoms with Crippen LogP contribution in [0.15, 0.2) is 6.20 Å². The third kappa shape index (κ3) is 3.26. The van der Waals surface area contributed by atoms with Gasteiger partial charge in [0.05, 0.1) is 19.3 Å². The van der Waals surface area contributed by atoms with E-state index in [4.69, 9.17) is 9.47 Å². The SMILES string of the molecule is Cc1nn(C2CCC2)c2c1O[C@@H]1COCC1CNc1nc(ncc1C(F)(F)F)N2. The van der Waals surface area contributed by atoms with Gasteiger partial charge in [0.1, 0.15) is 23.2 Å². The van der Waals surface area contributed by atoms with E-state index in [-0.39, 0.29) is 36.4 Å². The van der Waals surface area contributed by atoms with E-state index in [1.807, 2.05) is 11.6 Å². The molecule has 2 fully saturated rings. The first kappa shape index (κ1) is 18.5. The summed E-state index contributed by atoms with van der Waals surface area (Å²) in [6.07, 6.45) is -0.952. The molecule has 11 heteroatoms. The van der Waals surface area contributed by atoms with Crippen LogP contribution in [-0.2, 0) is 10.9 Å². The number of rotatable bonds is 1. The zero-order valence-corrected chi connectivity index (χ0v) is 15.8. The van der Waals surface area contributed by atoms with Gasteiger partial charge >= 0.3 is 6.18 Å². The molecular weight excluding hydrogens is 389 g/mol. The zero-order valence-electron chi connectivity index (χ0n) is 15.8. The Morgan fingerprint density at radius 2 is 2.07 bits per heavy atom. The van der Waals surface area contributed by atoms with Crippen molar-refractivity contribution in [3.05, 3.63) is 17.5 Å². The number of nitrogens with one attached hydrogen (secondary N) is 2. The van der Waals surface area contributed by atoms with Crippen LogP contribution in [0.3, 0.4) is 0 Å². The summed E-state index contributed by atoms with van der Waals surface area (Å²) in [7, 11) is 0. The molecule has 0 radical (unpaired) electrons. The molecule has 5 rings (SSSR count). The van der Waals surface area contributed by atoms with Crippen LogP contribution in [0.4, 0.5) is 30.8 Å². The van der Waals surface area contributed by atoms with E-state index in [0.717, 1.165) is 25.5 Å². The monoisotopic (exact) mass is 410 g/mol. The number of nitrogens with zero attached hydrogens (tertiary/aromatic N) is 4. The quantitative estimate of drug-likeness (QED) is 0.746. The molecule has 1 saturated carbocycles. The highest BCUT2D eigenvalue weighted by atomic mass is 19.4. The summed E-state index contributed by atoms with van der Waals surface area (Å²) in [4.78, 5) is 8.02. The smallest absolute Gasteiger partial charge is 0.421 e. The highest BCUT2D eigenvalue weighted by molar-refractivity contribution is 5.62. The fraction of sp³-hybridized carbons (Fsp3) is 0.611. The summed E-state index contributed by atoms with van der Waals surface area (Å²) in [6, 6.07) is 0.223. The number of alkyl halides is 3. The maximum atomic E-state index is 13.4. The standard InChI is InChI=1S/C18H21F3N6O2/c1-9-14-16(27(26-9)11-3-2-4-11)25-17-23-6-12(18(19,20)21)15(24-17)22-5-10-7-28-8-13(10)29-14/h6,10-11,13H,2-5,7-8H2,1H3,(H2,22,23,24,25)/t10?,13-/m1/s1. The summed E-state index contributed by atoms with van der Waals surface area (Å²) in [6.45, 7) is 2.87. The van der Waals surface area contributed by atoms with Crippen molar-refractivity contribution in [3.8, 4) is 5.75 Å². The molecule has 0 aromatic carbocycles. The molecule has 4 heterocycles. The number of halogens is 3. The summed E-state index contributed by atoms with van der Waals surface area (Å²) >= 11 is 0. The summed E-state index contributed by atoms with van der Waals surface area (Å²) in [5.41, 5.74) is -0.188. The average Bonchev–Trinajstić information content (AvgIpc) is 3.17. The molecule has 2 aromatic heterocycles. The number of anilines is 3. The van der Waals surface area contributed by atoms with Gasteiger partial charge < -0.3 is 20.1 Å². The van der Waals surface area contributed by atoms with Crippen molar-refractivity contribution in [1.29, 1.82) is 0 Å². The summed E-state index contributed by atoms with van der Waals surface area (Å²) in [5, 5.41) is 10.5. The average molecular weight is 410 g/mol. The Hall–Kier alpha value is -2.56. The Bertz CT molecular complexity index is 927. The van der Waals surface area contributed by atoms with Crippen LogP contribution in [0.5, 0.6) is 5.75 Å². The molecular formula is C18H21F3N6O2. The third-order valence-corrected chi connectivity index (χ3v) is 5.72. The molecule has 1 aliphatic carbocycles. The van der Waals surface area contributed by atoms with Gasteiger partial charge in [0, 0.05) is 18.7 Å². The summed E-state index contributed by atoms with van der Waals surface area (Å²) in [5.74, 6) is 0.839. The number of ether oxygens (including phenoxy) is 2. The maximum absolute atomic E-state index is 13.4. The van der Waals surface area contributed by atoms with Crippen molar-refractivity contribution in [2.24, 2.45) is 5.92 Å². The number of aryl methyl sites for hydroxylation is 1. The maximum Gasteiger partial charge on any atom is 0.421 e. The first-order valence-electron chi connectivity index (χ1n) is 9.69. The minimum atomic E-state index is -4.56. The predicted molar refractivity (Wildman–Crippen MR) is 97.4 cm³/mol. The molecule has 2 aliphatic heterocycles. The van der Waals surface area contributed by atoms with Crippen molar-refractivity contribution in [2.75, 3.05) is 30.4 Å². The molecule has 0 spiro atoms. The molecule has 2 bridgehead atoms. The van der Waals surface area contributed by atoms with Gasteiger partial charge in [-0.15, -0.1) is 0 Å². The van der Waals surface area contributed by atoms with Gasteiger partial charge in [0.15, 0.2) is 11.6 Å². The second-order valence-corrected chi connectivity index (χ2v) is 7.71. The van der Waals surface area contributed by atoms with E-state index in [1.54, 1.807) is 0 Å². The van der Waals surface area contributed by atoms with Crippen LogP contribution >= 0.6 is 0 Å². The van der Waals surface area contributed by atoms with Crippen LogP contribution in [0.1, 0.15) is 36.6 Å². The number of hydrogen-bond donors (Lipinski definition) is 2. The molecule has 1 saturated heterocycles. The molecule has 29 heavy (non-hydrogen) atoms. The zero-order chi connectivity index (χ0) is 20.2. The largest absolute Gasteiger partial charge is 0.482 e. The number of aromatic nitrogens is 4. The van der Waals surface area contributed by atoms with Crippen LogP contribution in [0.25, 0.3) is 0 Å². The highest BCUT2D eigenvalue weighted by Crippen LogP contribution is 2.41. The lowest BCUT2D eigenvalue weighted by molar-refractivity contribution is -0.137. The molecule has 8 nitrogen and oxygen atoms in total. The van der Waals surface area contributed by atoms with E-state index in [1.165, 1.54) is 0 Å². The van der Waals surface area contributed by atoms with Crippen molar-refractivity contribution >= 4 is 17.6 Å². The number of hydrogen-bond acceptors (Lipinski definition) is 7. The Morgan fingerprint density at radius 3 is 2.79 bits per heavy atom. The molecule has 1 unspecified atom stereocenters. The minimum Gasteiger partial charge on any atom is -0.482 e. The van der Waals surface area contributed by atoms with Gasteiger partial charge in [-0.25, -0.2) is 9.67 Å². The fourth-order valence-corrected chi connectivity index (χ4v) is 3.85. The molecule has 2 N–H and O–H groups in total. The second kappa shape index (κ2) is 6.75. The van der Waals surface area contributed by atoms with Gasteiger partial charge in [-0.1, -0.05) is 0 Å². The van der Waals surface area contributed by atoms with E-state index in [2.05, 4.69) is 25.7 Å². The first-order valence-corrected chi connectivity index (χ1v) is 9.69. The normalized spacial score (nSPS) is 24.3. The Morgan fingerprint density at radius 1 is 1.24 bits per heavy atom. The van der Waals surface area contributed by atoms with Crippen LogP contribution < -0.4 is 15.4 Å². The third-order valence-electron chi connectivity index (χ3n) is 5.72. The molecule has 0 amide bonds. The first-order chi connectivity index (χ1) is 13.9. The van der Waals surface area contributed by atoms with Crippen molar-refractivity contribution in [1.82, 2.24) is 19.7 Å². The van der Waals surface area contributed by atoms with E-state index in [0.29, 0.717) is 30.5 Å². The van der Waals surface area contributed by atoms with E-state index >= 15 is 0 Å². The lowest BCUT2D eigenvalue weighted by Gasteiger charge is -2.27. The van der Waals surface area contributed by atoms with Crippen LogP contribution in [0.2, 0.25) is 0 Å². The highest BCUT2D eigenvalue weighted by Gasteiger charge is 2.38. The van der Waals surface area contributed by atoms with Crippen molar-refractivity contribution < 1.29 is 22.6 Å². The van der Waals surface area contributed by atoms with Crippen molar-refractivity contribution in [3.63, 3.8) is 0 Å². The van der Waals surface area contributed by atoms with E-state index in [9.17, 15) is 13.2 Å². The van der Waals surface area contributed by atoms with Gasteiger partial charge in [-0.2, -0.15) is 23.3 Å². The van der Waals surface area contributed by atoms with Crippen LogP contribution in [-0.4, -0.2) is 45.6 Å². The van der Waals surface area contributed by atoms with Gasteiger partial charge in [-0.3, -0.25) is 0 Å². The predicted octanol–water partition coefficient (Wildman–Crippen LogP) is 3.29. The minimum absolute atomic E-state index is 0.0640. The topological polar surface area (TPSA) is 86.1 Å². The Kier molecular flexibility index (Phi) is 4.30. The van der Waals surface area contributed by atoms with Gasteiger partial charge in [0.2, 0.25) is 5.95 Å². The molecule has 2 atom stereocenters. The molecule has 156 valence electrons. The van der Waals surface area contributed by atoms with Gasteiger partial charge in [0.25, 0.3) is 0 Å². The molecule has 3 aliphatic rings. The Labute approximate surface area is 164 Å². The Balaban J connectivity index is 1.61. The van der Waals surface area contributed by atoms with Crippen molar-refractivity contribution in [2.45, 2.75) is 44.5 Å². The number of fused-ring (bicyclic) bond motifs is 4. The van der Waals surface area contributed by atoms with E-state index < -0.39 is 11.7 Å². The summed E-state index contributed by atoms with van der Waals surface area (Å²) < 4.78 is 53.9. The lowest BCUT2D eigenvalue weighted by Crippen LogP contribution is -2.31. The van der Waals surface area contributed by atoms with Gasteiger partial charge in [-0.05, 0) is 26.2 Å². The molecule has 2 aromatic rings. The van der Waals surface area contributed by atoms with Crippen LogP contribution in [0, 0.1) is 12.8 Å². The second-order valence-electron chi connectivity index (χ2n) is 7.71. The fourth-order valence-electron chi connectivity index (χ4n) is 3.85. The lowest BCUT2D eigenvalue weighted by atomic mass is 9.93.